The number of nitrogens with zero attached hydrogens (tertiary/aromatic N) is 2. The van der Waals surface area contributed by atoms with E-state index >= 15 is 0 Å². The molecule has 33 heavy (non-hydrogen) atoms. The zero-order chi connectivity index (χ0) is 23.4. The van der Waals surface area contributed by atoms with Crippen molar-refractivity contribution in [2.45, 2.75) is 26.7 Å². The lowest BCUT2D eigenvalue weighted by atomic mass is 9.92. The highest BCUT2D eigenvalue weighted by atomic mass is 32.1. The van der Waals surface area contributed by atoms with E-state index in [1.165, 1.54) is 21.6 Å². The Hall–Kier alpha value is -2.76. The number of likely N-dealkylation sites (tertiary alicyclic amines) is 1. The van der Waals surface area contributed by atoms with Gasteiger partial charge in [0, 0.05) is 43.7 Å². The molecule has 2 heterocycles. The number of amides is 1. The molecule has 0 atom stereocenters. The van der Waals surface area contributed by atoms with E-state index in [-0.39, 0.29) is 11.7 Å². The highest BCUT2D eigenvalue weighted by molar-refractivity contribution is 7.11. The molecule has 0 spiro atoms. The largest absolute Gasteiger partial charge is 0.340 e. The first-order chi connectivity index (χ1) is 15.9. The highest BCUT2D eigenvalue weighted by Crippen LogP contribution is 2.35. The molecule has 0 bridgehead atoms. The number of hydrogen-bond acceptors (Lipinski definition) is 3. The van der Waals surface area contributed by atoms with Crippen LogP contribution in [0.2, 0.25) is 0 Å². The topological polar surface area (TPSA) is 23.6 Å². The van der Waals surface area contributed by atoms with Crippen molar-refractivity contribution in [1.29, 1.82) is 0 Å². The zero-order valence-electron chi connectivity index (χ0n) is 19.6. The number of carbonyl (C=O) groups excluding carboxylic acids is 1. The molecule has 4 rings (SSSR count). The monoisotopic (exact) mass is 462 g/mol. The van der Waals surface area contributed by atoms with Gasteiger partial charge in [-0.15, -0.1) is 11.3 Å². The van der Waals surface area contributed by atoms with Crippen LogP contribution in [-0.2, 0) is 0 Å². The van der Waals surface area contributed by atoms with Gasteiger partial charge in [-0.05, 0) is 79.1 Å². The summed E-state index contributed by atoms with van der Waals surface area (Å²) in [6, 6.07) is 16.9. The van der Waals surface area contributed by atoms with Crippen LogP contribution in [0.15, 0.2) is 65.6 Å². The first kappa shape index (κ1) is 23.4. The van der Waals surface area contributed by atoms with Crippen molar-refractivity contribution in [3.8, 4) is 0 Å². The third-order valence-electron chi connectivity index (χ3n) is 6.32. The van der Waals surface area contributed by atoms with E-state index in [2.05, 4.69) is 23.3 Å². The minimum Gasteiger partial charge on any atom is -0.340 e. The molecule has 0 saturated carbocycles. The lowest BCUT2D eigenvalue weighted by Crippen LogP contribution is -2.39. The van der Waals surface area contributed by atoms with Crippen LogP contribution < -0.4 is 0 Å². The molecule has 2 aromatic carbocycles. The highest BCUT2D eigenvalue weighted by Gasteiger charge is 2.21. The molecular formula is C28H31FN2OS. The van der Waals surface area contributed by atoms with Gasteiger partial charge in [-0.3, -0.25) is 4.79 Å². The van der Waals surface area contributed by atoms with Crippen molar-refractivity contribution in [2.24, 2.45) is 0 Å². The minimum atomic E-state index is -0.204. The average Bonchev–Trinajstić information content (AvgIpc) is 3.25. The number of piperidine rings is 1. The van der Waals surface area contributed by atoms with Crippen LogP contribution in [-0.4, -0.2) is 48.9 Å². The molecule has 1 fully saturated rings. The van der Waals surface area contributed by atoms with Gasteiger partial charge in [0.15, 0.2) is 0 Å². The van der Waals surface area contributed by atoms with Crippen molar-refractivity contribution in [3.63, 3.8) is 0 Å². The summed E-state index contributed by atoms with van der Waals surface area (Å²) >= 11 is 1.76. The van der Waals surface area contributed by atoms with E-state index in [4.69, 9.17) is 0 Å². The summed E-state index contributed by atoms with van der Waals surface area (Å²) in [6.07, 6.45) is 1.97. The normalized spacial score (nSPS) is 14.4. The van der Waals surface area contributed by atoms with Crippen molar-refractivity contribution in [2.75, 3.05) is 33.2 Å². The van der Waals surface area contributed by atoms with E-state index in [1.54, 1.807) is 23.5 Å². The van der Waals surface area contributed by atoms with Crippen LogP contribution in [0.25, 0.3) is 5.57 Å². The molecule has 0 radical (unpaired) electrons. The van der Waals surface area contributed by atoms with E-state index in [9.17, 15) is 9.18 Å². The SMILES string of the molecule is Cc1ccc(C(=O)N(C)CCN2CCC(=C(c3ccc(F)cc3)c3cc(C)cs3)CC2)cc1. The van der Waals surface area contributed by atoms with Crippen LogP contribution in [0.1, 0.15) is 44.8 Å². The minimum absolute atomic E-state index is 0.0688. The van der Waals surface area contributed by atoms with E-state index in [0.717, 1.165) is 49.2 Å². The maximum atomic E-state index is 13.5. The fourth-order valence-corrected chi connectivity index (χ4v) is 5.32. The Labute approximate surface area is 200 Å². The van der Waals surface area contributed by atoms with Gasteiger partial charge in [-0.1, -0.05) is 35.4 Å². The Kier molecular flexibility index (Phi) is 7.41. The lowest BCUT2D eigenvalue weighted by molar-refractivity contribution is 0.0776. The summed E-state index contributed by atoms with van der Waals surface area (Å²) in [5.41, 5.74) is 6.94. The molecule has 0 aliphatic carbocycles. The Balaban J connectivity index is 1.41. The van der Waals surface area contributed by atoms with Gasteiger partial charge in [0.2, 0.25) is 0 Å². The summed E-state index contributed by atoms with van der Waals surface area (Å²) in [5, 5.41) is 2.18. The van der Waals surface area contributed by atoms with Crippen molar-refractivity contribution < 1.29 is 9.18 Å². The van der Waals surface area contributed by atoms with Gasteiger partial charge < -0.3 is 9.80 Å². The number of benzene rings is 2. The lowest BCUT2D eigenvalue weighted by Gasteiger charge is -2.31. The Morgan fingerprint density at radius 3 is 2.21 bits per heavy atom. The van der Waals surface area contributed by atoms with Crippen LogP contribution >= 0.6 is 11.3 Å². The van der Waals surface area contributed by atoms with Crippen LogP contribution in [0, 0.1) is 19.7 Å². The van der Waals surface area contributed by atoms with E-state index in [1.807, 2.05) is 55.3 Å². The molecule has 1 saturated heterocycles. The third-order valence-corrected chi connectivity index (χ3v) is 7.39. The molecule has 1 aromatic heterocycles. The predicted octanol–water partition coefficient (Wildman–Crippen LogP) is 6.17. The molecular weight excluding hydrogens is 431 g/mol. The van der Waals surface area contributed by atoms with Crippen LogP contribution in [0.5, 0.6) is 0 Å². The summed E-state index contributed by atoms with van der Waals surface area (Å²) in [5.74, 6) is -0.135. The summed E-state index contributed by atoms with van der Waals surface area (Å²) in [6.45, 7) is 7.65. The van der Waals surface area contributed by atoms with Crippen LogP contribution in [0.3, 0.4) is 0 Å². The van der Waals surface area contributed by atoms with Gasteiger partial charge >= 0.3 is 0 Å². The molecule has 3 aromatic rings. The van der Waals surface area contributed by atoms with Gasteiger partial charge in [-0.2, -0.15) is 0 Å². The van der Waals surface area contributed by atoms with Crippen molar-refractivity contribution >= 4 is 22.8 Å². The first-order valence-corrected chi connectivity index (χ1v) is 12.4. The maximum Gasteiger partial charge on any atom is 0.253 e. The van der Waals surface area contributed by atoms with E-state index < -0.39 is 0 Å². The molecule has 1 amide bonds. The molecule has 0 unspecified atom stereocenters. The number of likely N-dealkylation sites (N-methyl/N-ethyl adjacent to an activating group) is 1. The Morgan fingerprint density at radius 1 is 0.970 bits per heavy atom. The maximum absolute atomic E-state index is 13.5. The second kappa shape index (κ2) is 10.4. The molecule has 0 N–H and O–H groups in total. The fraction of sp³-hybridized carbons (Fsp3) is 0.321. The summed E-state index contributed by atoms with van der Waals surface area (Å²) < 4.78 is 13.5. The number of hydrogen-bond donors (Lipinski definition) is 0. The quantitative estimate of drug-likeness (QED) is 0.437. The average molecular weight is 463 g/mol. The third kappa shape index (κ3) is 5.79. The number of halogens is 1. The second-order valence-electron chi connectivity index (χ2n) is 8.91. The number of thiophene rings is 1. The smallest absolute Gasteiger partial charge is 0.253 e. The zero-order valence-corrected chi connectivity index (χ0v) is 20.4. The Morgan fingerprint density at radius 2 is 1.61 bits per heavy atom. The van der Waals surface area contributed by atoms with Gasteiger partial charge in [-0.25, -0.2) is 4.39 Å². The van der Waals surface area contributed by atoms with Gasteiger partial charge in [0.05, 0.1) is 0 Å². The summed E-state index contributed by atoms with van der Waals surface area (Å²) in [7, 11) is 1.88. The molecule has 5 heteroatoms. The first-order valence-electron chi connectivity index (χ1n) is 11.5. The fourth-order valence-electron chi connectivity index (χ4n) is 4.31. The van der Waals surface area contributed by atoms with Crippen molar-refractivity contribution in [1.82, 2.24) is 9.80 Å². The molecule has 1 aliphatic rings. The van der Waals surface area contributed by atoms with Crippen molar-refractivity contribution in [3.05, 3.63) is 98.5 Å². The van der Waals surface area contributed by atoms with E-state index in [0.29, 0.717) is 6.54 Å². The molecule has 1 aliphatic heterocycles. The molecule has 3 nitrogen and oxygen atoms in total. The number of carbonyl (C=O) groups is 1. The molecule has 172 valence electrons. The standard InChI is InChI=1S/C28H31FN2OS/c1-20-4-6-24(7-5-20)28(32)30(3)16-17-31-14-12-23(13-15-31)27(26-18-21(2)19-33-26)22-8-10-25(29)11-9-22/h4-11,18-19H,12-17H2,1-3H3. The summed E-state index contributed by atoms with van der Waals surface area (Å²) in [4.78, 5) is 18.2. The number of rotatable bonds is 6. The Bertz CT molecular complexity index is 1120. The second-order valence-corrected chi connectivity index (χ2v) is 9.82. The predicted molar refractivity (Wildman–Crippen MR) is 135 cm³/mol. The van der Waals surface area contributed by atoms with Gasteiger partial charge in [0.25, 0.3) is 5.91 Å². The van der Waals surface area contributed by atoms with Crippen LogP contribution in [0.4, 0.5) is 4.39 Å². The van der Waals surface area contributed by atoms with Gasteiger partial charge in [0.1, 0.15) is 5.82 Å². The number of aryl methyl sites for hydroxylation is 2.